The zero-order valence-electron chi connectivity index (χ0n) is 15.5. The lowest BCUT2D eigenvalue weighted by molar-refractivity contribution is 0.102. The Morgan fingerprint density at radius 3 is 2.46 bits per heavy atom. The number of carbonyl (C=O) groups excluding carboxylic acids is 1. The van der Waals surface area contributed by atoms with E-state index in [2.05, 4.69) is 19.2 Å². The second-order valence-corrected chi connectivity index (χ2v) is 6.58. The summed E-state index contributed by atoms with van der Waals surface area (Å²) in [6.45, 7) is 4.77. The van der Waals surface area contributed by atoms with Crippen molar-refractivity contribution in [3.63, 3.8) is 0 Å². The Morgan fingerprint density at radius 2 is 1.81 bits per heavy atom. The minimum absolute atomic E-state index is 0.316. The van der Waals surface area contributed by atoms with Gasteiger partial charge in [-0.25, -0.2) is 0 Å². The number of methoxy groups -OCH3 is 2. The minimum Gasteiger partial charge on any atom is -0.495 e. The third kappa shape index (κ3) is 5.05. The summed E-state index contributed by atoms with van der Waals surface area (Å²) >= 11 is 6.32. The maximum Gasteiger partial charge on any atom is 0.255 e. The topological polar surface area (TPSA) is 56.8 Å². The molecule has 1 N–H and O–H groups in total. The van der Waals surface area contributed by atoms with Gasteiger partial charge in [0.25, 0.3) is 5.91 Å². The third-order valence-electron chi connectivity index (χ3n) is 3.79. The first-order chi connectivity index (χ1) is 12.5. The number of para-hydroxylation sites is 2. The van der Waals surface area contributed by atoms with Gasteiger partial charge in [0.15, 0.2) is 11.5 Å². The van der Waals surface area contributed by atoms with E-state index in [4.69, 9.17) is 25.8 Å². The molecule has 0 spiro atoms. The van der Waals surface area contributed by atoms with E-state index in [9.17, 15) is 4.79 Å². The second-order valence-electron chi connectivity index (χ2n) is 6.17. The van der Waals surface area contributed by atoms with Crippen molar-refractivity contribution in [1.29, 1.82) is 0 Å². The van der Waals surface area contributed by atoms with Crippen LogP contribution in [0.15, 0.2) is 36.4 Å². The summed E-state index contributed by atoms with van der Waals surface area (Å²) in [5, 5.41) is 3.15. The molecule has 0 bridgehead atoms. The molecule has 0 saturated carbocycles. The highest BCUT2D eigenvalue weighted by molar-refractivity contribution is 6.32. The van der Waals surface area contributed by atoms with Crippen LogP contribution in [0.4, 0.5) is 5.69 Å². The molecule has 0 fully saturated rings. The molecule has 5 nitrogen and oxygen atoms in total. The van der Waals surface area contributed by atoms with Crippen molar-refractivity contribution >= 4 is 23.2 Å². The number of amides is 1. The molecule has 26 heavy (non-hydrogen) atoms. The van der Waals surface area contributed by atoms with Gasteiger partial charge in [0.2, 0.25) is 0 Å². The van der Waals surface area contributed by atoms with Crippen molar-refractivity contribution in [2.24, 2.45) is 5.92 Å². The van der Waals surface area contributed by atoms with Crippen LogP contribution in [0, 0.1) is 5.92 Å². The van der Waals surface area contributed by atoms with Gasteiger partial charge in [0.1, 0.15) is 5.75 Å². The molecule has 0 saturated heterocycles. The Bertz CT molecular complexity index is 761. The summed E-state index contributed by atoms with van der Waals surface area (Å²) in [6.07, 6.45) is 0.898. The summed E-state index contributed by atoms with van der Waals surface area (Å²) in [5.41, 5.74) is 0.946. The number of nitrogens with one attached hydrogen (secondary N) is 1. The van der Waals surface area contributed by atoms with Gasteiger partial charge in [-0.05, 0) is 36.6 Å². The van der Waals surface area contributed by atoms with E-state index in [1.807, 2.05) is 12.1 Å². The number of ether oxygens (including phenoxy) is 3. The molecule has 2 aromatic carbocycles. The number of hydrogen-bond acceptors (Lipinski definition) is 4. The fraction of sp³-hybridized carbons (Fsp3) is 0.350. The molecule has 0 aromatic heterocycles. The largest absolute Gasteiger partial charge is 0.495 e. The van der Waals surface area contributed by atoms with Crippen molar-refractivity contribution in [1.82, 2.24) is 0 Å². The van der Waals surface area contributed by atoms with E-state index in [0.717, 1.165) is 6.42 Å². The fourth-order valence-corrected chi connectivity index (χ4v) is 2.60. The third-order valence-corrected chi connectivity index (χ3v) is 4.07. The Balaban J connectivity index is 2.21. The quantitative estimate of drug-likeness (QED) is 0.700. The molecule has 0 atom stereocenters. The monoisotopic (exact) mass is 377 g/mol. The van der Waals surface area contributed by atoms with E-state index < -0.39 is 0 Å². The summed E-state index contributed by atoms with van der Waals surface area (Å²) in [5.74, 6) is 1.65. The highest BCUT2D eigenvalue weighted by atomic mass is 35.5. The number of benzene rings is 2. The summed E-state index contributed by atoms with van der Waals surface area (Å²) in [4.78, 5) is 12.6. The van der Waals surface area contributed by atoms with E-state index in [1.165, 1.54) is 7.11 Å². The average Bonchev–Trinajstić information content (AvgIpc) is 2.62. The smallest absolute Gasteiger partial charge is 0.255 e. The lowest BCUT2D eigenvalue weighted by Gasteiger charge is -2.15. The molecule has 140 valence electrons. The maximum atomic E-state index is 12.6. The van der Waals surface area contributed by atoms with E-state index >= 15 is 0 Å². The molecular formula is C20H24ClNO4. The number of carbonyl (C=O) groups is 1. The van der Waals surface area contributed by atoms with Crippen molar-refractivity contribution < 1.29 is 19.0 Å². The number of halogens is 1. The van der Waals surface area contributed by atoms with Gasteiger partial charge in [-0.3, -0.25) is 4.79 Å². The lowest BCUT2D eigenvalue weighted by Crippen LogP contribution is -2.13. The molecule has 0 unspecified atom stereocenters. The van der Waals surface area contributed by atoms with Gasteiger partial charge in [-0.1, -0.05) is 37.6 Å². The zero-order valence-corrected chi connectivity index (χ0v) is 16.2. The Kier molecular flexibility index (Phi) is 7.16. The van der Waals surface area contributed by atoms with Gasteiger partial charge in [-0.15, -0.1) is 0 Å². The maximum absolute atomic E-state index is 12.6. The first kappa shape index (κ1) is 19.9. The van der Waals surface area contributed by atoms with Crippen molar-refractivity contribution in [2.45, 2.75) is 20.3 Å². The van der Waals surface area contributed by atoms with Crippen molar-refractivity contribution in [3.05, 3.63) is 47.0 Å². The van der Waals surface area contributed by atoms with E-state index in [0.29, 0.717) is 46.0 Å². The highest BCUT2D eigenvalue weighted by Gasteiger charge is 2.17. The van der Waals surface area contributed by atoms with Crippen LogP contribution in [0.5, 0.6) is 17.2 Å². The summed E-state index contributed by atoms with van der Waals surface area (Å²) < 4.78 is 16.4. The van der Waals surface area contributed by atoms with Crippen LogP contribution >= 0.6 is 11.6 Å². The molecule has 0 radical (unpaired) electrons. The predicted molar refractivity (Wildman–Crippen MR) is 104 cm³/mol. The standard InChI is InChI=1S/C20H24ClNO4/c1-13(2)9-10-26-19-15(21)11-14(12-18(19)25-4)20(23)22-16-7-5-6-8-17(16)24-3/h5-8,11-13H,9-10H2,1-4H3,(H,22,23). The fourth-order valence-electron chi connectivity index (χ4n) is 2.33. The summed E-state index contributed by atoms with van der Waals surface area (Å²) in [7, 11) is 3.07. The molecule has 0 aliphatic heterocycles. The van der Waals surface area contributed by atoms with Crippen LogP contribution in [-0.2, 0) is 0 Å². The zero-order chi connectivity index (χ0) is 19.1. The Labute approximate surface area is 159 Å². The number of rotatable bonds is 8. The number of hydrogen-bond donors (Lipinski definition) is 1. The van der Waals surface area contributed by atoms with Crippen LogP contribution in [0.1, 0.15) is 30.6 Å². The van der Waals surface area contributed by atoms with Crippen LogP contribution < -0.4 is 19.5 Å². The first-order valence-electron chi connectivity index (χ1n) is 8.41. The van der Waals surface area contributed by atoms with Crippen LogP contribution in [0.2, 0.25) is 5.02 Å². The van der Waals surface area contributed by atoms with Crippen molar-refractivity contribution in [3.8, 4) is 17.2 Å². The molecule has 6 heteroatoms. The van der Waals surface area contributed by atoms with Crippen LogP contribution in [0.3, 0.4) is 0 Å². The minimum atomic E-state index is -0.316. The van der Waals surface area contributed by atoms with Crippen LogP contribution in [0.25, 0.3) is 0 Å². The second kappa shape index (κ2) is 9.34. The Morgan fingerprint density at radius 1 is 1.12 bits per heavy atom. The van der Waals surface area contributed by atoms with Gasteiger partial charge in [-0.2, -0.15) is 0 Å². The molecule has 0 aliphatic rings. The number of anilines is 1. The molecule has 1 amide bonds. The van der Waals surface area contributed by atoms with Crippen LogP contribution in [-0.4, -0.2) is 26.7 Å². The van der Waals surface area contributed by atoms with E-state index in [1.54, 1.807) is 31.4 Å². The molecule has 0 heterocycles. The lowest BCUT2D eigenvalue weighted by atomic mass is 10.1. The SMILES string of the molecule is COc1ccccc1NC(=O)c1cc(Cl)c(OCCC(C)C)c(OC)c1. The molecule has 2 rings (SSSR count). The predicted octanol–water partition coefficient (Wildman–Crippen LogP) is 5.03. The molecule has 2 aromatic rings. The Hall–Kier alpha value is -2.40. The first-order valence-corrected chi connectivity index (χ1v) is 8.78. The summed E-state index contributed by atoms with van der Waals surface area (Å²) in [6, 6.07) is 10.4. The average molecular weight is 378 g/mol. The normalized spacial score (nSPS) is 10.5. The van der Waals surface area contributed by atoms with Gasteiger partial charge in [0.05, 0.1) is 31.5 Å². The van der Waals surface area contributed by atoms with Gasteiger partial charge in [0, 0.05) is 5.56 Å². The van der Waals surface area contributed by atoms with Gasteiger partial charge >= 0.3 is 0 Å². The molecular weight excluding hydrogens is 354 g/mol. The van der Waals surface area contributed by atoms with Crippen molar-refractivity contribution in [2.75, 3.05) is 26.1 Å². The van der Waals surface area contributed by atoms with Gasteiger partial charge < -0.3 is 19.5 Å². The van der Waals surface area contributed by atoms with E-state index in [-0.39, 0.29) is 5.91 Å². The highest BCUT2D eigenvalue weighted by Crippen LogP contribution is 2.37. The molecule has 0 aliphatic carbocycles.